The molecular formula is C18H14Cl2F3N7OS. The van der Waals surface area contributed by atoms with E-state index in [1.54, 1.807) is 18.2 Å². The first-order chi connectivity index (χ1) is 15.1. The summed E-state index contributed by atoms with van der Waals surface area (Å²) in [6, 6.07) is 9.38. The number of thioether (sulfide) groups is 1. The molecule has 2 aromatic carbocycles. The molecule has 1 aromatic heterocycles. The standard InChI is InChI=1S/C18H14Cl2F3N7OS/c19-13-6-1-3-10(15(13)20)8-25-27-16-28-29-17(30(16)24)32-9-14(31)26-12-5-2-4-11(7-12)18(21,22)23/h1-8H,9,24H2,(H,26,31)(H,27,28)/b25-8+. The Kier molecular flexibility index (Phi) is 7.48. The van der Waals surface area contributed by atoms with Crippen LogP contribution in [0.4, 0.5) is 24.8 Å². The number of aromatic nitrogens is 3. The highest BCUT2D eigenvalue weighted by atomic mass is 35.5. The Labute approximate surface area is 193 Å². The highest BCUT2D eigenvalue weighted by Gasteiger charge is 2.30. The Balaban J connectivity index is 1.56. The zero-order chi connectivity index (χ0) is 23.3. The summed E-state index contributed by atoms with van der Waals surface area (Å²) < 4.78 is 39.4. The molecule has 32 heavy (non-hydrogen) atoms. The fourth-order valence-corrected chi connectivity index (χ4v) is 3.35. The van der Waals surface area contributed by atoms with E-state index in [0.29, 0.717) is 15.6 Å². The molecule has 0 aliphatic carbocycles. The van der Waals surface area contributed by atoms with E-state index in [0.717, 1.165) is 28.6 Å². The van der Waals surface area contributed by atoms with Crippen molar-refractivity contribution in [2.75, 3.05) is 22.3 Å². The van der Waals surface area contributed by atoms with Crippen LogP contribution < -0.4 is 16.6 Å². The van der Waals surface area contributed by atoms with Crippen LogP contribution in [0.2, 0.25) is 10.0 Å². The molecule has 14 heteroatoms. The predicted octanol–water partition coefficient (Wildman–Crippen LogP) is 4.49. The quantitative estimate of drug-likeness (QED) is 0.189. The van der Waals surface area contributed by atoms with Crippen LogP contribution in [0.5, 0.6) is 0 Å². The molecule has 0 unspecified atom stereocenters. The summed E-state index contributed by atoms with van der Waals surface area (Å²) in [7, 11) is 0. The SMILES string of the molecule is Nn1c(N/N=C/c2cccc(Cl)c2Cl)nnc1SCC(=O)Nc1cccc(C(F)(F)F)c1. The van der Waals surface area contributed by atoms with Gasteiger partial charge in [-0.3, -0.25) is 4.79 Å². The van der Waals surface area contributed by atoms with E-state index in [4.69, 9.17) is 29.0 Å². The van der Waals surface area contributed by atoms with Gasteiger partial charge >= 0.3 is 6.18 Å². The van der Waals surface area contributed by atoms with E-state index >= 15 is 0 Å². The number of nitrogens with zero attached hydrogens (tertiary/aromatic N) is 4. The molecule has 3 aromatic rings. The minimum Gasteiger partial charge on any atom is -0.334 e. The summed E-state index contributed by atoms with van der Waals surface area (Å²) >= 11 is 12.9. The Morgan fingerprint density at radius 3 is 2.72 bits per heavy atom. The van der Waals surface area contributed by atoms with Gasteiger partial charge in [0, 0.05) is 11.3 Å². The molecule has 168 valence electrons. The maximum absolute atomic E-state index is 12.8. The first kappa shape index (κ1) is 23.7. The number of nitrogen functional groups attached to an aromatic ring is 1. The van der Waals surface area contributed by atoms with Gasteiger partial charge in [-0.15, -0.1) is 10.2 Å². The molecule has 0 radical (unpaired) electrons. The van der Waals surface area contributed by atoms with E-state index in [-0.39, 0.29) is 22.5 Å². The second-order valence-electron chi connectivity index (χ2n) is 6.10. The zero-order valence-electron chi connectivity index (χ0n) is 15.9. The van der Waals surface area contributed by atoms with Gasteiger partial charge in [0.05, 0.1) is 27.6 Å². The second-order valence-corrected chi connectivity index (χ2v) is 7.83. The first-order valence-corrected chi connectivity index (χ1v) is 10.4. The fourth-order valence-electron chi connectivity index (χ4n) is 2.33. The van der Waals surface area contributed by atoms with Gasteiger partial charge in [0.15, 0.2) is 0 Å². The summed E-state index contributed by atoms with van der Waals surface area (Å²) in [6.07, 6.45) is -3.09. The van der Waals surface area contributed by atoms with Crippen LogP contribution in [-0.2, 0) is 11.0 Å². The second kappa shape index (κ2) is 10.1. The van der Waals surface area contributed by atoms with Crippen LogP contribution in [-0.4, -0.2) is 32.7 Å². The van der Waals surface area contributed by atoms with Crippen LogP contribution >= 0.6 is 35.0 Å². The fraction of sp³-hybridized carbons (Fsp3) is 0.111. The van der Waals surface area contributed by atoms with E-state index in [1.165, 1.54) is 18.3 Å². The van der Waals surface area contributed by atoms with E-state index < -0.39 is 17.6 Å². The number of benzene rings is 2. The number of anilines is 2. The van der Waals surface area contributed by atoms with Crippen molar-refractivity contribution < 1.29 is 18.0 Å². The molecule has 0 aliphatic rings. The van der Waals surface area contributed by atoms with Gasteiger partial charge in [-0.25, -0.2) is 10.1 Å². The lowest BCUT2D eigenvalue weighted by molar-refractivity contribution is -0.137. The summed E-state index contributed by atoms with van der Waals surface area (Å²) in [5, 5.41) is 14.9. The van der Waals surface area contributed by atoms with Crippen molar-refractivity contribution >= 4 is 58.7 Å². The normalized spacial score (nSPS) is 11.7. The van der Waals surface area contributed by atoms with Crippen molar-refractivity contribution in [3.05, 3.63) is 63.6 Å². The Morgan fingerprint density at radius 2 is 1.97 bits per heavy atom. The van der Waals surface area contributed by atoms with Crippen LogP contribution in [0.1, 0.15) is 11.1 Å². The summed E-state index contributed by atoms with van der Waals surface area (Å²) in [5.41, 5.74) is 2.32. The molecule has 1 heterocycles. The Morgan fingerprint density at radius 1 is 1.22 bits per heavy atom. The monoisotopic (exact) mass is 503 g/mol. The number of hydrazone groups is 1. The number of amides is 1. The number of nitrogens with one attached hydrogen (secondary N) is 2. The molecule has 0 aliphatic heterocycles. The van der Waals surface area contributed by atoms with Gasteiger partial charge in [0.2, 0.25) is 11.1 Å². The Hall–Kier alpha value is -2.96. The lowest BCUT2D eigenvalue weighted by atomic mass is 10.2. The third-order valence-electron chi connectivity index (χ3n) is 3.82. The first-order valence-electron chi connectivity index (χ1n) is 8.68. The van der Waals surface area contributed by atoms with Crippen LogP contribution in [0.15, 0.2) is 52.7 Å². The molecule has 1 amide bonds. The molecule has 8 nitrogen and oxygen atoms in total. The predicted molar refractivity (Wildman–Crippen MR) is 119 cm³/mol. The van der Waals surface area contributed by atoms with Crippen molar-refractivity contribution in [1.82, 2.24) is 14.9 Å². The topological polar surface area (TPSA) is 110 Å². The van der Waals surface area contributed by atoms with E-state index in [1.807, 2.05) is 0 Å². The largest absolute Gasteiger partial charge is 0.416 e. The third-order valence-corrected chi connectivity index (χ3v) is 5.60. The lowest BCUT2D eigenvalue weighted by Gasteiger charge is -2.09. The minimum atomic E-state index is -4.50. The van der Waals surface area contributed by atoms with Crippen molar-refractivity contribution in [1.29, 1.82) is 0 Å². The highest BCUT2D eigenvalue weighted by molar-refractivity contribution is 7.99. The third kappa shape index (κ3) is 6.05. The molecule has 0 spiro atoms. The smallest absolute Gasteiger partial charge is 0.334 e. The van der Waals surface area contributed by atoms with Crippen molar-refractivity contribution in [3.8, 4) is 0 Å². The van der Waals surface area contributed by atoms with Gasteiger partial charge < -0.3 is 11.2 Å². The molecule has 3 rings (SSSR count). The summed E-state index contributed by atoms with van der Waals surface area (Å²) in [5.74, 6) is 5.26. The van der Waals surface area contributed by atoms with Crippen LogP contribution in [0.25, 0.3) is 0 Å². The highest BCUT2D eigenvalue weighted by Crippen LogP contribution is 2.30. The molecular weight excluding hydrogens is 490 g/mol. The van der Waals surface area contributed by atoms with Crippen LogP contribution in [0.3, 0.4) is 0 Å². The summed E-state index contributed by atoms with van der Waals surface area (Å²) in [6.45, 7) is 0. The average molecular weight is 504 g/mol. The van der Waals surface area contributed by atoms with Crippen LogP contribution in [0, 0.1) is 0 Å². The average Bonchev–Trinajstić information content (AvgIpc) is 3.09. The van der Waals surface area contributed by atoms with Gasteiger partial charge in [-0.2, -0.15) is 18.3 Å². The van der Waals surface area contributed by atoms with Crippen molar-refractivity contribution in [2.45, 2.75) is 11.3 Å². The minimum absolute atomic E-state index is 0.0241. The molecule has 0 saturated heterocycles. The molecule has 0 fully saturated rings. The number of halogens is 5. The number of alkyl halides is 3. The zero-order valence-corrected chi connectivity index (χ0v) is 18.2. The van der Waals surface area contributed by atoms with Crippen molar-refractivity contribution in [2.24, 2.45) is 5.10 Å². The number of nitrogens with two attached hydrogens (primary N) is 1. The van der Waals surface area contributed by atoms with E-state index in [2.05, 4.69) is 26.0 Å². The maximum atomic E-state index is 12.8. The van der Waals surface area contributed by atoms with Gasteiger partial charge in [-0.1, -0.05) is 53.2 Å². The molecule has 0 saturated carbocycles. The number of hydrogen-bond acceptors (Lipinski definition) is 7. The molecule has 4 N–H and O–H groups in total. The number of carbonyl (C=O) groups excluding carboxylic acids is 1. The number of hydrogen-bond donors (Lipinski definition) is 3. The molecule has 0 atom stereocenters. The van der Waals surface area contributed by atoms with Gasteiger partial charge in [0.1, 0.15) is 0 Å². The maximum Gasteiger partial charge on any atom is 0.416 e. The number of carbonyl (C=O) groups is 1. The summed E-state index contributed by atoms with van der Waals surface area (Å²) in [4.78, 5) is 12.1. The van der Waals surface area contributed by atoms with Gasteiger partial charge in [-0.05, 0) is 24.3 Å². The molecule has 0 bridgehead atoms. The Bertz CT molecular complexity index is 1150. The van der Waals surface area contributed by atoms with Crippen molar-refractivity contribution in [3.63, 3.8) is 0 Å². The lowest BCUT2D eigenvalue weighted by Crippen LogP contribution is -2.17. The number of rotatable bonds is 7. The van der Waals surface area contributed by atoms with E-state index in [9.17, 15) is 18.0 Å². The van der Waals surface area contributed by atoms with Gasteiger partial charge in [0.25, 0.3) is 5.95 Å².